The van der Waals surface area contributed by atoms with Gasteiger partial charge in [0.25, 0.3) is 0 Å². The monoisotopic (exact) mass is 329 g/mol. The smallest absolute Gasteiger partial charge is 0.148 e. The minimum Gasteiger partial charge on any atom is -0.308 e. The second kappa shape index (κ2) is 5.86. The van der Waals surface area contributed by atoms with Gasteiger partial charge >= 0.3 is 0 Å². The Kier molecular flexibility index (Phi) is 4.42. The Morgan fingerprint density at radius 1 is 1.44 bits per heavy atom. The van der Waals surface area contributed by atoms with Crippen molar-refractivity contribution in [2.24, 2.45) is 0 Å². The summed E-state index contributed by atoms with van der Waals surface area (Å²) in [6, 6.07) is 4.75. The van der Waals surface area contributed by atoms with Crippen LogP contribution in [0.2, 0.25) is 0 Å². The van der Waals surface area contributed by atoms with Crippen molar-refractivity contribution in [1.29, 1.82) is 0 Å². The molecule has 2 rings (SSSR count). The van der Waals surface area contributed by atoms with Gasteiger partial charge in [-0.3, -0.25) is 0 Å². The Morgan fingerprint density at radius 2 is 2.22 bits per heavy atom. The van der Waals surface area contributed by atoms with Crippen LogP contribution in [-0.4, -0.2) is 16.7 Å². The van der Waals surface area contributed by atoms with Crippen LogP contribution in [0.1, 0.15) is 24.9 Å². The maximum Gasteiger partial charge on any atom is 0.148 e. The second-order valence-electron chi connectivity index (χ2n) is 3.85. The van der Waals surface area contributed by atoms with Gasteiger partial charge in [-0.2, -0.15) is 0 Å². The lowest BCUT2D eigenvalue weighted by Crippen LogP contribution is -2.17. The zero-order valence-electron chi connectivity index (χ0n) is 10.1. The van der Waals surface area contributed by atoms with E-state index in [4.69, 9.17) is 0 Å². The van der Waals surface area contributed by atoms with Crippen molar-refractivity contribution in [3.63, 3.8) is 0 Å². The highest BCUT2D eigenvalue weighted by Crippen LogP contribution is 2.32. The van der Waals surface area contributed by atoms with Crippen molar-refractivity contribution in [2.75, 3.05) is 6.54 Å². The number of benzene rings is 1. The molecule has 0 aliphatic heterocycles. The van der Waals surface area contributed by atoms with Crippen molar-refractivity contribution in [3.8, 4) is 10.6 Å². The largest absolute Gasteiger partial charge is 0.308 e. The highest BCUT2D eigenvalue weighted by Gasteiger charge is 2.14. The number of nitrogens with one attached hydrogen (secondary N) is 1. The third-order valence-corrected chi connectivity index (χ3v) is 4.28. The van der Waals surface area contributed by atoms with Crippen LogP contribution in [0.5, 0.6) is 0 Å². The maximum atomic E-state index is 13.0. The number of halogens is 2. The Bertz CT molecular complexity index is 544. The highest BCUT2D eigenvalue weighted by molar-refractivity contribution is 9.10. The third kappa shape index (κ3) is 2.93. The van der Waals surface area contributed by atoms with E-state index in [9.17, 15) is 4.39 Å². The van der Waals surface area contributed by atoms with Crippen molar-refractivity contribution >= 4 is 27.3 Å². The van der Waals surface area contributed by atoms with Gasteiger partial charge in [-0.25, -0.2) is 4.39 Å². The average Bonchev–Trinajstić information content (AvgIpc) is 2.78. The number of rotatable bonds is 4. The van der Waals surface area contributed by atoms with Crippen LogP contribution in [0.15, 0.2) is 22.7 Å². The van der Waals surface area contributed by atoms with Gasteiger partial charge in [-0.1, -0.05) is 18.3 Å². The van der Waals surface area contributed by atoms with Crippen LogP contribution in [0, 0.1) is 5.82 Å². The molecule has 0 fully saturated rings. The van der Waals surface area contributed by atoms with Gasteiger partial charge in [0.1, 0.15) is 15.8 Å². The molecule has 1 aromatic carbocycles. The van der Waals surface area contributed by atoms with E-state index in [1.807, 2.05) is 6.92 Å². The Balaban J connectivity index is 2.29. The predicted octanol–water partition coefficient (Wildman–Crippen LogP) is 3.78. The average molecular weight is 330 g/mol. The van der Waals surface area contributed by atoms with E-state index >= 15 is 0 Å². The van der Waals surface area contributed by atoms with E-state index < -0.39 is 0 Å². The molecule has 0 saturated heterocycles. The fourth-order valence-electron chi connectivity index (χ4n) is 1.57. The minimum atomic E-state index is -0.267. The topological polar surface area (TPSA) is 37.8 Å². The molecule has 2 aromatic rings. The molecule has 0 aliphatic carbocycles. The molecule has 0 bridgehead atoms. The van der Waals surface area contributed by atoms with Gasteiger partial charge in [0.2, 0.25) is 0 Å². The van der Waals surface area contributed by atoms with Gasteiger partial charge in [-0.15, -0.1) is 10.2 Å². The molecule has 1 atom stereocenters. The molecule has 1 unspecified atom stereocenters. The van der Waals surface area contributed by atoms with Gasteiger partial charge in [-0.05, 0) is 47.6 Å². The summed E-state index contributed by atoms with van der Waals surface area (Å²) in [5.41, 5.74) is 0.865. The minimum absolute atomic E-state index is 0.181. The molecule has 3 nitrogen and oxygen atoms in total. The summed E-state index contributed by atoms with van der Waals surface area (Å²) in [5, 5.41) is 13.3. The lowest BCUT2D eigenvalue weighted by molar-refractivity contribution is 0.590. The summed E-state index contributed by atoms with van der Waals surface area (Å²) in [4.78, 5) is 0. The van der Waals surface area contributed by atoms with E-state index in [2.05, 4.69) is 38.4 Å². The second-order valence-corrected chi connectivity index (χ2v) is 5.71. The van der Waals surface area contributed by atoms with Crippen molar-refractivity contribution in [1.82, 2.24) is 15.5 Å². The Labute approximate surface area is 118 Å². The summed E-state index contributed by atoms with van der Waals surface area (Å²) in [6.07, 6.45) is 0. The molecule has 18 heavy (non-hydrogen) atoms. The number of hydrogen-bond donors (Lipinski definition) is 1. The Hall–Kier alpha value is -0.850. The fourth-order valence-corrected chi connectivity index (χ4v) is 3.15. The lowest BCUT2D eigenvalue weighted by atomic mass is 10.2. The first-order chi connectivity index (χ1) is 8.61. The summed E-state index contributed by atoms with van der Waals surface area (Å²) < 4.78 is 13.7. The van der Waals surface area contributed by atoms with Crippen LogP contribution in [0.4, 0.5) is 4.39 Å². The number of nitrogens with zero attached hydrogens (tertiary/aromatic N) is 2. The van der Waals surface area contributed by atoms with Crippen LogP contribution in [0.3, 0.4) is 0 Å². The number of aromatic nitrogens is 2. The molecule has 1 N–H and O–H groups in total. The molecule has 1 heterocycles. The molecular formula is C12H13BrFN3S. The number of hydrogen-bond acceptors (Lipinski definition) is 4. The first kappa shape index (κ1) is 13.6. The molecule has 0 saturated carbocycles. The zero-order valence-corrected chi connectivity index (χ0v) is 12.5. The Morgan fingerprint density at radius 3 is 2.89 bits per heavy atom. The van der Waals surface area contributed by atoms with Crippen LogP contribution in [0.25, 0.3) is 10.6 Å². The third-order valence-electron chi connectivity index (χ3n) is 2.48. The van der Waals surface area contributed by atoms with Crippen LogP contribution < -0.4 is 5.32 Å². The molecule has 0 aliphatic rings. The lowest BCUT2D eigenvalue weighted by Gasteiger charge is -2.06. The summed E-state index contributed by atoms with van der Waals surface area (Å²) in [5.74, 6) is -0.267. The molecule has 1 aromatic heterocycles. The van der Waals surface area contributed by atoms with Gasteiger partial charge in [0, 0.05) is 10.0 Å². The zero-order chi connectivity index (χ0) is 13.1. The van der Waals surface area contributed by atoms with Crippen molar-refractivity contribution in [3.05, 3.63) is 33.5 Å². The van der Waals surface area contributed by atoms with E-state index in [1.165, 1.54) is 23.5 Å². The summed E-state index contributed by atoms with van der Waals surface area (Å²) in [7, 11) is 0. The van der Waals surface area contributed by atoms with Gasteiger partial charge in [0.05, 0.1) is 6.04 Å². The van der Waals surface area contributed by atoms with Gasteiger partial charge in [0.15, 0.2) is 0 Å². The highest BCUT2D eigenvalue weighted by atomic mass is 79.9. The molecule has 0 radical (unpaired) electrons. The fraction of sp³-hybridized carbons (Fsp3) is 0.333. The van der Waals surface area contributed by atoms with Crippen LogP contribution >= 0.6 is 27.3 Å². The van der Waals surface area contributed by atoms with E-state index in [1.54, 1.807) is 6.07 Å². The predicted molar refractivity (Wildman–Crippen MR) is 75.1 cm³/mol. The first-order valence-electron chi connectivity index (χ1n) is 5.64. The van der Waals surface area contributed by atoms with Crippen molar-refractivity contribution < 1.29 is 4.39 Å². The molecular weight excluding hydrogens is 317 g/mol. The van der Waals surface area contributed by atoms with E-state index in [0.717, 1.165) is 22.1 Å². The normalized spacial score (nSPS) is 12.7. The van der Waals surface area contributed by atoms with Crippen molar-refractivity contribution in [2.45, 2.75) is 19.9 Å². The molecule has 0 spiro atoms. The first-order valence-corrected chi connectivity index (χ1v) is 7.25. The standard InChI is InChI=1S/C12H13BrFN3S/c1-3-15-7(2)11-16-17-12(18-11)9-5-4-8(14)6-10(9)13/h4-7,15H,3H2,1-2H3. The van der Waals surface area contributed by atoms with Gasteiger partial charge < -0.3 is 5.32 Å². The quantitative estimate of drug-likeness (QED) is 0.927. The van der Waals surface area contributed by atoms with E-state index in [0.29, 0.717) is 4.47 Å². The summed E-state index contributed by atoms with van der Waals surface area (Å²) in [6.45, 7) is 4.98. The SMILES string of the molecule is CCNC(C)c1nnc(-c2ccc(F)cc2Br)s1. The molecule has 96 valence electrons. The van der Waals surface area contributed by atoms with E-state index in [-0.39, 0.29) is 11.9 Å². The summed E-state index contributed by atoms with van der Waals surface area (Å²) >= 11 is 4.86. The van der Waals surface area contributed by atoms with Crippen LogP contribution in [-0.2, 0) is 0 Å². The molecule has 0 amide bonds. The maximum absolute atomic E-state index is 13.0. The molecule has 6 heteroatoms.